The number of rotatable bonds is 12. The number of anilines is 1. The molecule has 21 heteroatoms. The molecule has 3 saturated heterocycles. The second-order valence-electron chi connectivity index (χ2n) is 18.9. The zero-order chi connectivity index (χ0) is 49.6. The van der Waals surface area contributed by atoms with Gasteiger partial charge in [-0.2, -0.15) is 4.31 Å². The number of aliphatic carboxylic acids is 1. The number of imidazole rings is 1. The van der Waals surface area contributed by atoms with E-state index in [0.29, 0.717) is 71.7 Å². The number of carboxylic acid groups (broad SMARTS) is 2. The van der Waals surface area contributed by atoms with Crippen LogP contribution in [0.3, 0.4) is 0 Å². The van der Waals surface area contributed by atoms with Crippen molar-refractivity contribution >= 4 is 85.2 Å². The first-order chi connectivity index (χ1) is 33.4. The van der Waals surface area contributed by atoms with Gasteiger partial charge in [0, 0.05) is 61.0 Å². The van der Waals surface area contributed by atoms with Crippen LogP contribution in [-0.2, 0) is 30.2 Å². The van der Waals surface area contributed by atoms with Crippen LogP contribution in [0.25, 0.3) is 26.3 Å². The van der Waals surface area contributed by atoms with Gasteiger partial charge in [-0.05, 0) is 105 Å². The number of fused-ring (bicyclic) bond motifs is 1. The normalized spacial score (nSPS) is 19.8. The maximum absolute atomic E-state index is 14.0. The van der Waals surface area contributed by atoms with E-state index >= 15 is 0 Å². The zero-order valence-electron chi connectivity index (χ0n) is 38.4. The van der Waals surface area contributed by atoms with E-state index in [-0.39, 0.29) is 76.3 Å². The number of sulfonamides is 1. The highest BCUT2D eigenvalue weighted by Crippen LogP contribution is 2.46. The number of amides is 4. The predicted octanol–water partition coefficient (Wildman–Crippen LogP) is 8.06. The smallest absolute Gasteiger partial charge is 0.349 e. The minimum atomic E-state index is -3.81. The number of benzene rings is 3. The largest absolute Gasteiger partial charge is 0.479 e. The Balaban J connectivity index is 0.802. The standard InChI is InChI=1S/C49H50ClN7O11S2/c1-49(2)24-29(25-51-33-7-4-6-32(22-33)43-41(50)42(68-26-40(59)60)44(69-43)46(62)63)15-20-55(49)70(66,67)27-28-5-3-8-34(21-28)52-47(64)54-18-16-30(17-19-54)31-9-12-36-38(23-31)56(35-10-11-35)48(65)57(36)37-13-14-39(58)53-45(37)61/h3-9,12,21-23,29-30,35,37H,10-11,13-20,24,26-27H2,1-2H3,(H3-,52,53,58,59,60,61,62,63,64)/p+1/t29?,37-/m1/s1. The number of hydrogen-bond donors (Lipinski definition) is 4. The number of aromatic carboxylic acids is 1. The van der Waals surface area contributed by atoms with Crippen LogP contribution in [0.2, 0.25) is 5.02 Å². The molecular weight excluding hydrogens is 962 g/mol. The van der Waals surface area contributed by atoms with Crippen LogP contribution in [0.4, 0.5) is 16.2 Å². The Bertz CT molecular complexity index is 3190. The average molecular weight is 1010 g/mol. The Hall–Kier alpha value is -6.53. The molecule has 2 atom stereocenters. The number of carbonyl (C=O) groups is 5. The molecule has 3 aliphatic heterocycles. The third-order valence-corrected chi connectivity index (χ3v) is 17.1. The number of thiophene rings is 1. The summed E-state index contributed by atoms with van der Waals surface area (Å²) in [6, 6.07) is 21.9. The fourth-order valence-electron chi connectivity index (χ4n) is 9.95. The molecular formula is C49H51ClN7O11S2+. The summed E-state index contributed by atoms with van der Waals surface area (Å²) in [6.45, 7) is 4.19. The van der Waals surface area contributed by atoms with E-state index in [1.54, 1.807) is 58.0 Å². The lowest BCUT2D eigenvalue weighted by Crippen LogP contribution is -2.52. The van der Waals surface area contributed by atoms with Gasteiger partial charge < -0.3 is 25.2 Å². The van der Waals surface area contributed by atoms with Gasteiger partial charge in [0.15, 0.2) is 17.2 Å². The number of nitrogens with one attached hydrogen (secondary N) is 2. The molecule has 4 N–H and O–H groups in total. The molecule has 9 rings (SSSR count). The van der Waals surface area contributed by atoms with Crippen molar-refractivity contribution < 1.29 is 47.3 Å². The number of likely N-dealkylation sites (tertiary alicyclic amines) is 1. The minimum Gasteiger partial charge on any atom is -0.479 e. The first-order valence-electron chi connectivity index (χ1n) is 23.1. The van der Waals surface area contributed by atoms with Crippen molar-refractivity contribution in [2.75, 3.05) is 31.6 Å². The third-order valence-electron chi connectivity index (χ3n) is 13.4. The number of imide groups is 1. The Labute approximate surface area is 411 Å². The summed E-state index contributed by atoms with van der Waals surface area (Å²) in [5.74, 6) is -3.91. The van der Waals surface area contributed by atoms with Gasteiger partial charge in [-0.25, -0.2) is 27.6 Å². The number of nitrogens with zero attached hydrogens (tertiary/aromatic N) is 5. The van der Waals surface area contributed by atoms with E-state index < -0.39 is 46.1 Å². The Morgan fingerprint density at radius 1 is 0.929 bits per heavy atom. The summed E-state index contributed by atoms with van der Waals surface area (Å²) in [6.07, 6.45) is 4.51. The van der Waals surface area contributed by atoms with Crippen molar-refractivity contribution in [1.82, 2.24) is 23.7 Å². The van der Waals surface area contributed by atoms with Crippen molar-refractivity contribution in [1.29, 1.82) is 0 Å². The number of ether oxygens (including phenoxy) is 1. The minimum absolute atomic E-state index is 0.0213. The molecule has 3 aromatic carbocycles. The molecule has 5 aromatic rings. The van der Waals surface area contributed by atoms with Gasteiger partial charge in [-0.3, -0.25) is 24.0 Å². The second-order valence-corrected chi connectivity index (χ2v) is 22.2. The molecule has 18 nitrogen and oxygen atoms in total. The molecule has 4 fully saturated rings. The summed E-state index contributed by atoms with van der Waals surface area (Å²) >= 11 is 7.35. The summed E-state index contributed by atoms with van der Waals surface area (Å²) in [5, 5.41) is 24.0. The van der Waals surface area contributed by atoms with Gasteiger partial charge >= 0.3 is 29.3 Å². The fraction of sp³-hybridized carbons (Fsp3) is 0.408. The molecule has 0 bridgehead atoms. The Morgan fingerprint density at radius 2 is 1.69 bits per heavy atom. The number of piperidine rings is 3. The van der Waals surface area contributed by atoms with E-state index in [0.717, 1.165) is 35.3 Å². The van der Waals surface area contributed by atoms with Crippen LogP contribution >= 0.6 is 22.9 Å². The molecule has 1 aliphatic carbocycles. The molecule has 2 aromatic heterocycles. The molecule has 1 unspecified atom stereocenters. The van der Waals surface area contributed by atoms with Crippen LogP contribution in [0.15, 0.2) is 71.5 Å². The van der Waals surface area contributed by atoms with Gasteiger partial charge in [0.2, 0.25) is 21.8 Å². The average Bonchev–Trinajstić information content (AvgIpc) is 4.03. The SMILES string of the molecule is CC1(C)CC(C#[N+]c2cccc(-c3sc(C(=O)O)c(OCC(=O)O)c3Cl)c2)CCN1S(=O)(=O)Cc1cccc(NC(=O)N2CCC(c3ccc4c(c3)n(C3CC3)c(=O)n4[C@@H]3CCC(=O)NC3=O)CC2)c1. The van der Waals surface area contributed by atoms with E-state index in [1.165, 1.54) is 8.87 Å². The van der Waals surface area contributed by atoms with Gasteiger partial charge in [0.1, 0.15) is 11.1 Å². The van der Waals surface area contributed by atoms with Crippen molar-refractivity contribution in [3.05, 3.63) is 103 Å². The Kier molecular flexibility index (Phi) is 13.4. The lowest BCUT2D eigenvalue weighted by atomic mass is 9.85. The highest BCUT2D eigenvalue weighted by Gasteiger charge is 2.43. The molecule has 366 valence electrons. The van der Waals surface area contributed by atoms with Crippen LogP contribution < -0.4 is 21.1 Å². The molecule has 70 heavy (non-hydrogen) atoms. The van der Waals surface area contributed by atoms with Gasteiger partial charge in [0.25, 0.3) is 6.07 Å². The number of aromatic nitrogens is 2. The monoisotopic (exact) mass is 1010 g/mol. The summed E-state index contributed by atoms with van der Waals surface area (Å²) in [7, 11) is -3.81. The topological polar surface area (TPSA) is 231 Å². The van der Waals surface area contributed by atoms with Crippen molar-refractivity contribution in [3.63, 3.8) is 0 Å². The molecule has 4 aliphatic rings. The van der Waals surface area contributed by atoms with E-state index in [1.807, 2.05) is 32.0 Å². The van der Waals surface area contributed by atoms with Gasteiger partial charge in [-0.15, -0.1) is 11.3 Å². The maximum atomic E-state index is 14.0. The van der Waals surface area contributed by atoms with E-state index in [4.69, 9.17) is 21.4 Å². The summed E-state index contributed by atoms with van der Waals surface area (Å²) < 4.78 is 38.1. The first kappa shape index (κ1) is 48.5. The zero-order valence-corrected chi connectivity index (χ0v) is 40.7. The van der Waals surface area contributed by atoms with Crippen LogP contribution in [0.5, 0.6) is 5.75 Å². The van der Waals surface area contributed by atoms with Crippen LogP contribution in [0, 0.1) is 12.0 Å². The highest BCUT2D eigenvalue weighted by molar-refractivity contribution is 7.88. The lowest BCUT2D eigenvalue weighted by molar-refractivity contribution is -0.139. The molecule has 0 radical (unpaired) electrons. The van der Waals surface area contributed by atoms with Crippen molar-refractivity contribution in [2.45, 2.75) is 94.5 Å². The molecule has 5 heterocycles. The van der Waals surface area contributed by atoms with Crippen LogP contribution in [-0.4, -0.2) is 98.5 Å². The Morgan fingerprint density at radius 3 is 2.39 bits per heavy atom. The van der Waals surface area contributed by atoms with Crippen molar-refractivity contribution in [3.8, 4) is 22.3 Å². The predicted molar refractivity (Wildman–Crippen MR) is 263 cm³/mol. The maximum Gasteiger partial charge on any atom is 0.349 e. The van der Waals surface area contributed by atoms with Gasteiger partial charge in [0.05, 0.1) is 27.6 Å². The summed E-state index contributed by atoms with van der Waals surface area (Å²) in [5.41, 5.74) is 3.55. The van der Waals surface area contributed by atoms with Crippen molar-refractivity contribution in [2.24, 2.45) is 5.92 Å². The van der Waals surface area contributed by atoms with E-state index in [2.05, 4.69) is 21.5 Å². The number of carbonyl (C=O) groups excluding carboxylic acids is 3. The van der Waals surface area contributed by atoms with E-state index in [9.17, 15) is 42.3 Å². The quantitative estimate of drug-likeness (QED) is 0.0874. The lowest BCUT2D eigenvalue weighted by Gasteiger charge is -2.42. The second kappa shape index (κ2) is 19.3. The summed E-state index contributed by atoms with van der Waals surface area (Å²) in [4.78, 5) is 81.4. The highest BCUT2D eigenvalue weighted by atomic mass is 35.5. The molecule has 1 saturated carbocycles. The number of halogens is 1. The number of carboxylic acids is 2. The third kappa shape index (κ3) is 10.1. The molecule has 4 amide bonds. The first-order valence-corrected chi connectivity index (χ1v) is 25.9. The number of hydrogen-bond acceptors (Lipinski definition) is 10. The fourth-order valence-corrected chi connectivity index (χ4v) is 13.3. The number of urea groups is 1. The molecule has 0 spiro atoms. The van der Waals surface area contributed by atoms with Gasteiger partial charge in [-0.1, -0.05) is 41.9 Å². The van der Waals surface area contributed by atoms with Crippen LogP contribution in [0.1, 0.15) is 104 Å².